The number of aryl methyl sites for hydroxylation is 3. The van der Waals surface area contributed by atoms with Crippen molar-refractivity contribution in [3.63, 3.8) is 0 Å². The molecule has 0 aromatic heterocycles. The second-order valence-corrected chi connectivity index (χ2v) is 7.31. The van der Waals surface area contributed by atoms with Crippen LogP contribution in [0.2, 0.25) is 0 Å². The first-order valence-electron chi connectivity index (χ1n) is 10.2. The van der Waals surface area contributed by atoms with E-state index in [0.717, 1.165) is 36.1 Å². The number of hydrogen-bond acceptors (Lipinski definition) is 4. The fourth-order valence-electron chi connectivity index (χ4n) is 3.24. The molecule has 0 amide bonds. The van der Waals surface area contributed by atoms with Gasteiger partial charge in [-0.15, -0.1) is 0 Å². The highest BCUT2D eigenvalue weighted by Gasteiger charge is 2.10. The Labute approximate surface area is 174 Å². The van der Waals surface area contributed by atoms with E-state index < -0.39 is 5.97 Å². The Bertz CT molecular complexity index is 839. The Morgan fingerprint density at radius 3 is 2.55 bits per heavy atom. The van der Waals surface area contributed by atoms with Gasteiger partial charge in [-0.1, -0.05) is 50.3 Å². The first-order chi connectivity index (χ1) is 14.0. The normalized spacial score (nSPS) is 10.6. The summed E-state index contributed by atoms with van der Waals surface area (Å²) in [5, 5.41) is 9.18. The van der Waals surface area contributed by atoms with Gasteiger partial charge in [-0.25, -0.2) is 4.79 Å². The molecule has 156 valence electrons. The molecule has 2 rings (SSSR count). The van der Waals surface area contributed by atoms with E-state index in [4.69, 9.17) is 9.47 Å². The molecule has 0 aliphatic carbocycles. The highest BCUT2D eigenvalue weighted by Crippen LogP contribution is 2.31. The molecule has 0 saturated heterocycles. The summed E-state index contributed by atoms with van der Waals surface area (Å²) in [7, 11) is 0. The zero-order valence-electron chi connectivity index (χ0n) is 17.8. The lowest BCUT2D eigenvalue weighted by molar-refractivity contribution is -0.139. The maximum atomic E-state index is 11.5. The van der Waals surface area contributed by atoms with Crippen LogP contribution in [0.25, 0.3) is 11.1 Å². The van der Waals surface area contributed by atoms with E-state index >= 15 is 0 Å². The quantitative estimate of drug-likeness (QED) is 0.328. The van der Waals surface area contributed by atoms with Crippen LogP contribution in [0, 0.1) is 6.92 Å². The van der Waals surface area contributed by atoms with Gasteiger partial charge in [-0.3, -0.25) is 0 Å². The predicted molar refractivity (Wildman–Crippen MR) is 117 cm³/mol. The summed E-state index contributed by atoms with van der Waals surface area (Å²) in [6, 6.07) is 12.8. The van der Waals surface area contributed by atoms with Crippen molar-refractivity contribution in [1.82, 2.24) is 0 Å². The Kier molecular flexibility index (Phi) is 8.94. The number of benzene rings is 2. The summed E-state index contributed by atoms with van der Waals surface area (Å²) >= 11 is 0. The van der Waals surface area contributed by atoms with Crippen molar-refractivity contribution in [2.24, 2.45) is 0 Å². The van der Waals surface area contributed by atoms with Crippen LogP contribution in [0.3, 0.4) is 0 Å². The monoisotopic (exact) mass is 396 g/mol. The molecule has 0 aliphatic rings. The van der Waals surface area contributed by atoms with Crippen LogP contribution < -0.4 is 4.74 Å². The largest absolute Gasteiger partial charge is 0.490 e. The summed E-state index contributed by atoms with van der Waals surface area (Å²) in [5.41, 5.74) is 6.26. The van der Waals surface area contributed by atoms with E-state index in [0.29, 0.717) is 12.0 Å². The molecule has 0 bridgehead atoms. The van der Waals surface area contributed by atoms with Crippen LogP contribution in [0.4, 0.5) is 0 Å². The first-order valence-corrected chi connectivity index (χ1v) is 10.2. The van der Waals surface area contributed by atoms with Crippen LogP contribution in [-0.2, 0) is 22.4 Å². The third kappa shape index (κ3) is 6.75. The van der Waals surface area contributed by atoms with Gasteiger partial charge in [0.2, 0.25) is 0 Å². The summed E-state index contributed by atoms with van der Waals surface area (Å²) in [4.78, 5) is 11.5. The Balaban J connectivity index is 2.19. The molecule has 2 aromatic carbocycles. The number of esters is 1. The third-order valence-electron chi connectivity index (χ3n) is 4.73. The number of carbonyl (C=O) groups excluding carboxylic acids is 1. The molecule has 2 aromatic rings. The summed E-state index contributed by atoms with van der Waals surface area (Å²) < 4.78 is 11.1. The number of ether oxygens (including phenoxy) is 2. The van der Waals surface area contributed by atoms with Crippen molar-refractivity contribution in [3.8, 4) is 16.9 Å². The van der Waals surface area contributed by atoms with Crippen LogP contribution in [0.1, 0.15) is 43.4 Å². The van der Waals surface area contributed by atoms with E-state index in [9.17, 15) is 9.90 Å². The third-order valence-corrected chi connectivity index (χ3v) is 4.73. The Hall–Kier alpha value is -2.59. The minimum atomic E-state index is -0.411. The minimum absolute atomic E-state index is 0.134. The molecule has 0 spiro atoms. The summed E-state index contributed by atoms with van der Waals surface area (Å²) in [6.45, 7) is 10.1. The second-order valence-electron chi connectivity index (χ2n) is 7.31. The van der Waals surface area contributed by atoms with Crippen LogP contribution in [0.5, 0.6) is 5.75 Å². The van der Waals surface area contributed by atoms with Crippen molar-refractivity contribution in [2.75, 3.05) is 19.8 Å². The SMILES string of the molecule is C=C(C)C(=O)OCCOc1cc(-c2ccc(CCC)cc2C)ccc1CCCO. The molecule has 0 heterocycles. The van der Waals surface area contributed by atoms with Gasteiger partial charge >= 0.3 is 5.97 Å². The molecule has 0 radical (unpaired) electrons. The topological polar surface area (TPSA) is 55.8 Å². The number of aliphatic hydroxyl groups is 1. The molecule has 0 fully saturated rings. The summed E-state index contributed by atoms with van der Waals surface area (Å²) in [6.07, 6.45) is 3.61. The average molecular weight is 397 g/mol. The van der Waals surface area contributed by atoms with Crippen LogP contribution in [-0.4, -0.2) is 30.9 Å². The van der Waals surface area contributed by atoms with Gasteiger partial charge in [0.05, 0.1) is 0 Å². The lowest BCUT2D eigenvalue weighted by Crippen LogP contribution is -2.13. The molecular formula is C25H32O4. The fourth-order valence-corrected chi connectivity index (χ4v) is 3.24. The van der Waals surface area contributed by atoms with E-state index in [1.165, 1.54) is 16.7 Å². The lowest BCUT2D eigenvalue weighted by atomic mass is 9.95. The van der Waals surface area contributed by atoms with Crippen LogP contribution >= 0.6 is 0 Å². The van der Waals surface area contributed by atoms with Crippen molar-refractivity contribution in [2.45, 2.75) is 46.5 Å². The molecule has 0 atom stereocenters. The lowest BCUT2D eigenvalue weighted by Gasteiger charge is -2.15. The first kappa shape index (κ1) is 22.7. The molecule has 0 aliphatic heterocycles. The van der Waals surface area contributed by atoms with Crippen molar-refractivity contribution in [1.29, 1.82) is 0 Å². The highest BCUT2D eigenvalue weighted by atomic mass is 16.6. The number of carbonyl (C=O) groups is 1. The second kappa shape index (κ2) is 11.4. The van der Waals surface area contributed by atoms with Crippen molar-refractivity contribution in [3.05, 3.63) is 65.2 Å². The Morgan fingerprint density at radius 2 is 1.90 bits per heavy atom. The standard InChI is InChI=1S/C25H32O4/c1-5-7-20-9-12-23(19(4)16-20)22-11-10-21(8-6-13-26)24(17-22)28-14-15-29-25(27)18(2)3/h9-12,16-17,26H,2,5-8,13-15H2,1,3-4H3. The smallest absolute Gasteiger partial charge is 0.333 e. The Morgan fingerprint density at radius 1 is 1.10 bits per heavy atom. The van der Waals surface area contributed by atoms with Gasteiger partial charge < -0.3 is 14.6 Å². The number of hydrogen-bond donors (Lipinski definition) is 1. The zero-order valence-corrected chi connectivity index (χ0v) is 17.8. The highest BCUT2D eigenvalue weighted by molar-refractivity contribution is 5.86. The van der Waals surface area contributed by atoms with Gasteiger partial charge in [0.1, 0.15) is 19.0 Å². The fraction of sp³-hybridized carbons (Fsp3) is 0.400. The van der Waals surface area contributed by atoms with Crippen LogP contribution in [0.15, 0.2) is 48.6 Å². The summed E-state index contributed by atoms with van der Waals surface area (Å²) in [5.74, 6) is 0.352. The minimum Gasteiger partial charge on any atom is -0.490 e. The van der Waals surface area contributed by atoms with Gasteiger partial charge in [0, 0.05) is 12.2 Å². The van der Waals surface area contributed by atoms with E-state index in [-0.39, 0.29) is 19.8 Å². The van der Waals surface area contributed by atoms with E-state index in [1.54, 1.807) is 6.92 Å². The van der Waals surface area contributed by atoms with Gasteiger partial charge in [0.15, 0.2) is 0 Å². The van der Waals surface area contributed by atoms with E-state index in [1.807, 2.05) is 6.07 Å². The van der Waals surface area contributed by atoms with Gasteiger partial charge in [-0.05, 0) is 67.0 Å². The zero-order chi connectivity index (χ0) is 21.2. The molecule has 1 N–H and O–H groups in total. The average Bonchev–Trinajstić information content (AvgIpc) is 2.70. The molecule has 0 unspecified atom stereocenters. The molecule has 29 heavy (non-hydrogen) atoms. The van der Waals surface area contributed by atoms with Gasteiger partial charge in [-0.2, -0.15) is 0 Å². The van der Waals surface area contributed by atoms with Crippen molar-refractivity contribution < 1.29 is 19.4 Å². The van der Waals surface area contributed by atoms with Crippen molar-refractivity contribution >= 4 is 5.97 Å². The maximum Gasteiger partial charge on any atom is 0.333 e. The predicted octanol–water partition coefficient (Wildman–Crippen LogP) is 5.04. The van der Waals surface area contributed by atoms with E-state index in [2.05, 4.69) is 50.8 Å². The number of aliphatic hydroxyl groups excluding tert-OH is 1. The molecule has 0 saturated carbocycles. The van der Waals surface area contributed by atoms with Gasteiger partial charge in [0.25, 0.3) is 0 Å². The molecular weight excluding hydrogens is 364 g/mol. The molecule has 4 nitrogen and oxygen atoms in total. The maximum absolute atomic E-state index is 11.5. The number of rotatable bonds is 11. The molecule has 4 heteroatoms.